The summed E-state index contributed by atoms with van der Waals surface area (Å²) in [4.78, 5) is 12.2. The predicted octanol–water partition coefficient (Wildman–Crippen LogP) is 4.38. The van der Waals surface area contributed by atoms with Crippen LogP contribution in [0.3, 0.4) is 0 Å². The van der Waals surface area contributed by atoms with Crippen LogP contribution in [-0.2, 0) is 0 Å². The van der Waals surface area contributed by atoms with Crippen LogP contribution < -0.4 is 14.9 Å². The van der Waals surface area contributed by atoms with E-state index >= 15 is 0 Å². The molecule has 0 fully saturated rings. The lowest BCUT2D eigenvalue weighted by atomic mass is 10.2. The molecule has 0 radical (unpaired) electrons. The Morgan fingerprint density at radius 3 is 2.63 bits per heavy atom. The van der Waals surface area contributed by atoms with E-state index < -0.39 is 0 Å². The van der Waals surface area contributed by atoms with Gasteiger partial charge in [0, 0.05) is 16.1 Å². The van der Waals surface area contributed by atoms with Gasteiger partial charge in [0.05, 0.1) is 20.4 Å². The molecule has 138 valence electrons. The van der Waals surface area contributed by atoms with Crippen LogP contribution in [0.5, 0.6) is 11.5 Å². The number of carbonyl (C=O) groups is 1. The van der Waals surface area contributed by atoms with Gasteiger partial charge in [-0.05, 0) is 42.5 Å². The number of amides is 1. The topological polar surface area (TPSA) is 73.1 Å². The largest absolute Gasteiger partial charge is 0.493 e. The molecule has 0 aliphatic rings. The van der Waals surface area contributed by atoms with Gasteiger partial charge < -0.3 is 13.9 Å². The zero-order valence-electron chi connectivity index (χ0n) is 14.7. The monoisotopic (exact) mass is 384 g/mol. The Bertz CT molecular complexity index is 982. The normalized spacial score (nSPS) is 10.8. The predicted molar refractivity (Wildman–Crippen MR) is 104 cm³/mol. The number of ether oxygens (including phenoxy) is 2. The molecule has 0 atom stereocenters. The molecule has 2 aromatic carbocycles. The molecule has 0 aliphatic carbocycles. The first kappa shape index (κ1) is 18.5. The lowest BCUT2D eigenvalue weighted by molar-refractivity contribution is 0.0954. The number of benzene rings is 2. The number of methoxy groups -OCH3 is 2. The van der Waals surface area contributed by atoms with Gasteiger partial charge in [-0.15, -0.1) is 0 Å². The van der Waals surface area contributed by atoms with Crippen molar-refractivity contribution in [3.8, 4) is 22.8 Å². The van der Waals surface area contributed by atoms with Gasteiger partial charge >= 0.3 is 0 Å². The van der Waals surface area contributed by atoms with Crippen LogP contribution >= 0.6 is 11.6 Å². The third-order valence-corrected chi connectivity index (χ3v) is 3.97. The first-order valence-corrected chi connectivity index (χ1v) is 8.39. The second-order valence-corrected chi connectivity index (χ2v) is 5.92. The van der Waals surface area contributed by atoms with Gasteiger partial charge in [-0.3, -0.25) is 4.79 Å². The van der Waals surface area contributed by atoms with Crippen molar-refractivity contribution < 1.29 is 18.7 Å². The third-order valence-electron chi connectivity index (χ3n) is 3.74. The van der Waals surface area contributed by atoms with Crippen molar-refractivity contribution in [3.63, 3.8) is 0 Å². The average molecular weight is 385 g/mol. The Kier molecular flexibility index (Phi) is 5.78. The van der Waals surface area contributed by atoms with Gasteiger partial charge in [-0.1, -0.05) is 23.7 Å². The summed E-state index contributed by atoms with van der Waals surface area (Å²) in [6.07, 6.45) is 1.42. The summed E-state index contributed by atoms with van der Waals surface area (Å²) in [5.41, 5.74) is 3.70. The summed E-state index contributed by atoms with van der Waals surface area (Å²) in [7, 11) is 3.04. The van der Waals surface area contributed by atoms with Crippen molar-refractivity contribution in [2.75, 3.05) is 14.2 Å². The van der Waals surface area contributed by atoms with Gasteiger partial charge in [0.15, 0.2) is 11.5 Å². The molecule has 0 saturated carbocycles. The zero-order chi connectivity index (χ0) is 19.2. The molecule has 0 bridgehead atoms. The fraction of sp³-hybridized carbons (Fsp3) is 0.100. The van der Waals surface area contributed by atoms with E-state index in [9.17, 15) is 4.79 Å². The summed E-state index contributed by atoms with van der Waals surface area (Å²) in [5.74, 6) is 1.78. The van der Waals surface area contributed by atoms with Gasteiger partial charge in [0.25, 0.3) is 5.91 Å². The number of hydrazone groups is 1. The minimum absolute atomic E-state index is 0.381. The highest BCUT2D eigenvalue weighted by Crippen LogP contribution is 2.27. The van der Waals surface area contributed by atoms with E-state index in [0.29, 0.717) is 33.6 Å². The SMILES string of the molecule is COc1ccc(C(=O)N/N=C\c2ccc(-c3cccc(Cl)c3)o2)cc1OC. The maximum absolute atomic E-state index is 12.2. The summed E-state index contributed by atoms with van der Waals surface area (Å²) in [6.45, 7) is 0. The van der Waals surface area contributed by atoms with Crippen molar-refractivity contribution in [2.45, 2.75) is 0 Å². The minimum atomic E-state index is -0.381. The Hall–Kier alpha value is -3.25. The van der Waals surface area contributed by atoms with Crippen molar-refractivity contribution in [3.05, 3.63) is 70.9 Å². The Balaban J connectivity index is 1.66. The van der Waals surface area contributed by atoms with E-state index in [4.69, 9.17) is 25.5 Å². The highest BCUT2D eigenvalue weighted by molar-refractivity contribution is 6.30. The van der Waals surface area contributed by atoms with Crippen molar-refractivity contribution >= 4 is 23.7 Å². The standard InChI is InChI=1S/C20H17ClN2O4/c1-25-18-8-6-14(11-19(18)26-2)20(24)23-22-12-16-7-9-17(27-16)13-4-3-5-15(21)10-13/h3-12H,1-2H3,(H,23,24)/b22-12-. The summed E-state index contributed by atoms with van der Waals surface area (Å²) < 4.78 is 16.0. The van der Waals surface area contributed by atoms with Gasteiger partial charge in [-0.25, -0.2) is 5.43 Å². The van der Waals surface area contributed by atoms with Crippen LogP contribution in [0.25, 0.3) is 11.3 Å². The smallest absolute Gasteiger partial charge is 0.271 e. The van der Waals surface area contributed by atoms with Gasteiger partial charge in [0.2, 0.25) is 0 Å². The second kappa shape index (κ2) is 8.42. The first-order chi connectivity index (χ1) is 13.1. The summed E-state index contributed by atoms with van der Waals surface area (Å²) in [6, 6.07) is 15.7. The van der Waals surface area contributed by atoms with Gasteiger partial charge in [-0.2, -0.15) is 5.10 Å². The molecule has 3 aromatic rings. The maximum atomic E-state index is 12.2. The molecule has 0 aliphatic heterocycles. The number of carbonyl (C=O) groups excluding carboxylic acids is 1. The Morgan fingerprint density at radius 2 is 1.89 bits per heavy atom. The first-order valence-electron chi connectivity index (χ1n) is 8.02. The fourth-order valence-electron chi connectivity index (χ4n) is 2.42. The lowest BCUT2D eigenvalue weighted by Crippen LogP contribution is -2.17. The molecule has 0 saturated heterocycles. The summed E-state index contributed by atoms with van der Waals surface area (Å²) in [5, 5.41) is 4.55. The van der Waals surface area contributed by atoms with Crippen LogP contribution in [0.4, 0.5) is 0 Å². The average Bonchev–Trinajstić information content (AvgIpc) is 3.16. The number of nitrogens with one attached hydrogen (secondary N) is 1. The Morgan fingerprint density at radius 1 is 1.07 bits per heavy atom. The van der Waals surface area contributed by atoms with Crippen LogP contribution in [-0.4, -0.2) is 26.3 Å². The van der Waals surface area contributed by atoms with Crippen LogP contribution in [0.15, 0.2) is 64.1 Å². The molecule has 27 heavy (non-hydrogen) atoms. The van der Waals surface area contributed by atoms with Crippen molar-refractivity contribution in [1.82, 2.24) is 5.43 Å². The quantitative estimate of drug-likeness (QED) is 0.505. The maximum Gasteiger partial charge on any atom is 0.271 e. The van der Waals surface area contributed by atoms with E-state index in [-0.39, 0.29) is 5.91 Å². The van der Waals surface area contributed by atoms with E-state index in [1.54, 1.807) is 36.4 Å². The molecular formula is C20H17ClN2O4. The molecular weight excluding hydrogens is 368 g/mol. The highest BCUT2D eigenvalue weighted by Gasteiger charge is 2.10. The number of halogens is 1. The number of hydrogen-bond donors (Lipinski definition) is 1. The molecule has 3 rings (SSSR count). The number of hydrogen-bond acceptors (Lipinski definition) is 5. The van der Waals surface area contributed by atoms with Crippen molar-refractivity contribution in [2.24, 2.45) is 5.10 Å². The van der Waals surface area contributed by atoms with E-state index in [0.717, 1.165) is 5.56 Å². The van der Waals surface area contributed by atoms with Crippen LogP contribution in [0.1, 0.15) is 16.1 Å². The third kappa shape index (κ3) is 4.48. The molecule has 1 amide bonds. The number of rotatable bonds is 6. The molecule has 0 spiro atoms. The molecule has 7 heteroatoms. The Labute approximate surface area is 161 Å². The fourth-order valence-corrected chi connectivity index (χ4v) is 2.61. The second-order valence-electron chi connectivity index (χ2n) is 5.48. The van der Waals surface area contributed by atoms with Crippen LogP contribution in [0.2, 0.25) is 5.02 Å². The molecule has 1 aromatic heterocycles. The minimum Gasteiger partial charge on any atom is -0.493 e. The zero-order valence-corrected chi connectivity index (χ0v) is 15.5. The molecule has 6 nitrogen and oxygen atoms in total. The molecule has 1 heterocycles. The molecule has 0 unspecified atom stereocenters. The van der Waals surface area contributed by atoms with Crippen LogP contribution in [0, 0.1) is 0 Å². The van der Waals surface area contributed by atoms with E-state index in [1.807, 2.05) is 18.2 Å². The summed E-state index contributed by atoms with van der Waals surface area (Å²) >= 11 is 5.99. The lowest BCUT2D eigenvalue weighted by Gasteiger charge is -2.08. The number of nitrogens with zero attached hydrogens (tertiary/aromatic N) is 1. The number of furan rings is 1. The highest BCUT2D eigenvalue weighted by atomic mass is 35.5. The molecule has 1 N–H and O–H groups in total. The van der Waals surface area contributed by atoms with Gasteiger partial charge in [0.1, 0.15) is 11.5 Å². The van der Waals surface area contributed by atoms with Crippen molar-refractivity contribution in [1.29, 1.82) is 0 Å². The van der Waals surface area contributed by atoms with E-state index in [2.05, 4.69) is 10.5 Å². The van der Waals surface area contributed by atoms with E-state index in [1.165, 1.54) is 20.4 Å².